The van der Waals surface area contributed by atoms with E-state index in [1.807, 2.05) is 31.3 Å². The molecule has 0 aliphatic rings. The number of benzene rings is 1. The fourth-order valence-electron chi connectivity index (χ4n) is 1.66. The first kappa shape index (κ1) is 11.1. The zero-order chi connectivity index (χ0) is 12.3. The lowest BCUT2D eigenvalue weighted by Gasteiger charge is -2.11. The van der Waals surface area contributed by atoms with Crippen LogP contribution in [-0.2, 0) is 0 Å². The predicted octanol–water partition coefficient (Wildman–Crippen LogP) is 2.12. The summed E-state index contributed by atoms with van der Waals surface area (Å²) in [5.41, 5.74) is 9.35. The molecule has 0 saturated heterocycles. The number of nitrogens with one attached hydrogen (secondary N) is 2. The minimum atomic E-state index is 0.434. The van der Waals surface area contributed by atoms with E-state index in [1.54, 1.807) is 18.5 Å². The summed E-state index contributed by atoms with van der Waals surface area (Å²) in [7, 11) is 1.83. The molecule has 0 unspecified atom stereocenters. The van der Waals surface area contributed by atoms with Gasteiger partial charge in [0.25, 0.3) is 0 Å². The maximum absolute atomic E-state index is 8.19. The molecular weight excluding hydrogens is 212 g/mol. The monoisotopic (exact) mass is 226 g/mol. The summed E-state index contributed by atoms with van der Waals surface area (Å²) < 4.78 is 0. The van der Waals surface area contributed by atoms with E-state index in [0.29, 0.717) is 11.4 Å². The molecule has 0 bridgehead atoms. The number of rotatable bonds is 3. The van der Waals surface area contributed by atoms with Crippen molar-refractivity contribution in [2.75, 3.05) is 18.1 Å². The first-order chi connectivity index (χ1) is 8.22. The largest absolute Gasteiger partial charge is 0.399 e. The van der Waals surface area contributed by atoms with Crippen molar-refractivity contribution >= 4 is 17.1 Å². The SMILES string of the molecule is CNc1ccc(N)cc1C(=N)c1ccncc1. The van der Waals surface area contributed by atoms with E-state index in [-0.39, 0.29) is 0 Å². The molecule has 2 aromatic rings. The number of hydrogen-bond acceptors (Lipinski definition) is 4. The Labute approximate surface area is 100 Å². The summed E-state index contributed by atoms with van der Waals surface area (Å²) in [6.07, 6.45) is 3.35. The number of nitrogens with two attached hydrogens (primary N) is 1. The number of aromatic nitrogens is 1. The highest BCUT2D eigenvalue weighted by molar-refractivity contribution is 6.14. The van der Waals surface area contributed by atoms with Gasteiger partial charge in [0.05, 0.1) is 5.71 Å². The second-order valence-electron chi connectivity index (χ2n) is 3.67. The highest BCUT2D eigenvalue weighted by Crippen LogP contribution is 2.21. The third-order valence-electron chi connectivity index (χ3n) is 2.55. The average molecular weight is 226 g/mol. The summed E-state index contributed by atoms with van der Waals surface area (Å²) in [4.78, 5) is 3.94. The summed E-state index contributed by atoms with van der Waals surface area (Å²) in [5, 5.41) is 11.2. The van der Waals surface area contributed by atoms with Gasteiger partial charge in [-0.25, -0.2) is 0 Å². The maximum atomic E-state index is 8.19. The van der Waals surface area contributed by atoms with Crippen LogP contribution in [0.4, 0.5) is 11.4 Å². The number of pyridine rings is 1. The van der Waals surface area contributed by atoms with Crippen molar-refractivity contribution in [2.24, 2.45) is 0 Å². The van der Waals surface area contributed by atoms with E-state index in [4.69, 9.17) is 11.1 Å². The van der Waals surface area contributed by atoms with Gasteiger partial charge in [0.15, 0.2) is 0 Å². The number of anilines is 2. The zero-order valence-electron chi connectivity index (χ0n) is 9.57. The predicted molar refractivity (Wildman–Crippen MR) is 70.6 cm³/mol. The summed E-state index contributed by atoms with van der Waals surface area (Å²) >= 11 is 0. The van der Waals surface area contributed by atoms with Gasteiger partial charge >= 0.3 is 0 Å². The summed E-state index contributed by atoms with van der Waals surface area (Å²) in [5.74, 6) is 0. The van der Waals surface area contributed by atoms with Crippen molar-refractivity contribution in [3.05, 3.63) is 53.9 Å². The molecule has 0 radical (unpaired) electrons. The van der Waals surface area contributed by atoms with Gasteiger partial charge in [0, 0.05) is 41.9 Å². The minimum Gasteiger partial charge on any atom is -0.399 e. The molecule has 0 amide bonds. The molecule has 1 aromatic heterocycles. The van der Waals surface area contributed by atoms with E-state index in [1.165, 1.54) is 0 Å². The highest BCUT2D eigenvalue weighted by atomic mass is 14.8. The second-order valence-corrected chi connectivity index (χ2v) is 3.67. The average Bonchev–Trinajstić information content (AvgIpc) is 2.39. The van der Waals surface area contributed by atoms with Crippen LogP contribution in [0.2, 0.25) is 0 Å². The Morgan fingerprint density at radius 2 is 1.94 bits per heavy atom. The van der Waals surface area contributed by atoms with Crippen molar-refractivity contribution < 1.29 is 0 Å². The van der Waals surface area contributed by atoms with Gasteiger partial charge in [-0.3, -0.25) is 10.4 Å². The second kappa shape index (κ2) is 4.65. The van der Waals surface area contributed by atoms with Gasteiger partial charge in [-0.15, -0.1) is 0 Å². The topological polar surface area (TPSA) is 74.8 Å². The molecule has 0 aliphatic carbocycles. The molecule has 4 nitrogen and oxygen atoms in total. The lowest BCUT2D eigenvalue weighted by atomic mass is 10.0. The molecule has 0 aliphatic heterocycles. The molecule has 1 heterocycles. The van der Waals surface area contributed by atoms with Gasteiger partial charge in [0.2, 0.25) is 0 Å². The van der Waals surface area contributed by atoms with E-state index >= 15 is 0 Å². The molecule has 0 spiro atoms. The Morgan fingerprint density at radius 1 is 1.24 bits per heavy atom. The van der Waals surface area contributed by atoms with Crippen LogP contribution in [0.1, 0.15) is 11.1 Å². The van der Waals surface area contributed by atoms with Crippen LogP contribution in [0.5, 0.6) is 0 Å². The van der Waals surface area contributed by atoms with E-state index in [9.17, 15) is 0 Å². The molecule has 4 N–H and O–H groups in total. The third-order valence-corrected chi connectivity index (χ3v) is 2.55. The minimum absolute atomic E-state index is 0.434. The molecule has 4 heteroatoms. The lowest BCUT2D eigenvalue weighted by molar-refractivity contribution is 1.31. The molecule has 86 valence electrons. The van der Waals surface area contributed by atoms with Crippen molar-refractivity contribution in [1.82, 2.24) is 4.98 Å². The quantitative estimate of drug-likeness (QED) is 0.554. The van der Waals surface area contributed by atoms with E-state index < -0.39 is 0 Å². The Balaban J connectivity index is 2.47. The van der Waals surface area contributed by atoms with Crippen LogP contribution < -0.4 is 11.1 Å². The first-order valence-electron chi connectivity index (χ1n) is 5.29. The Morgan fingerprint density at radius 3 is 2.59 bits per heavy atom. The maximum Gasteiger partial charge on any atom is 0.0707 e. The molecule has 2 rings (SSSR count). The third kappa shape index (κ3) is 2.25. The van der Waals surface area contributed by atoms with Crippen molar-refractivity contribution in [3.63, 3.8) is 0 Å². The van der Waals surface area contributed by atoms with Crippen LogP contribution in [0.15, 0.2) is 42.7 Å². The highest BCUT2D eigenvalue weighted by Gasteiger charge is 2.09. The van der Waals surface area contributed by atoms with Crippen LogP contribution in [0, 0.1) is 5.41 Å². The van der Waals surface area contributed by atoms with Crippen LogP contribution >= 0.6 is 0 Å². The molecular formula is C13H14N4. The van der Waals surface area contributed by atoms with E-state index in [0.717, 1.165) is 16.8 Å². The van der Waals surface area contributed by atoms with Gasteiger partial charge in [-0.2, -0.15) is 0 Å². The molecule has 0 atom stereocenters. The van der Waals surface area contributed by atoms with Crippen LogP contribution in [0.25, 0.3) is 0 Å². The van der Waals surface area contributed by atoms with Crippen molar-refractivity contribution in [1.29, 1.82) is 5.41 Å². The smallest absolute Gasteiger partial charge is 0.0707 e. The lowest BCUT2D eigenvalue weighted by Crippen LogP contribution is -2.06. The fraction of sp³-hybridized carbons (Fsp3) is 0.0769. The molecule has 0 fully saturated rings. The van der Waals surface area contributed by atoms with Gasteiger partial charge < -0.3 is 11.1 Å². The number of nitrogen functional groups attached to an aromatic ring is 1. The Hall–Kier alpha value is -2.36. The normalized spacial score (nSPS) is 9.94. The summed E-state index contributed by atoms with van der Waals surface area (Å²) in [6.45, 7) is 0. The Kier molecular flexibility index (Phi) is 3.05. The standard InChI is InChI=1S/C13H14N4/c1-16-12-3-2-10(14)8-11(12)13(15)9-4-6-17-7-5-9/h2-8,15-16H,14H2,1H3. The number of hydrogen-bond donors (Lipinski definition) is 3. The van der Waals surface area contributed by atoms with E-state index in [2.05, 4.69) is 10.3 Å². The zero-order valence-corrected chi connectivity index (χ0v) is 9.57. The van der Waals surface area contributed by atoms with Gasteiger partial charge in [0.1, 0.15) is 0 Å². The summed E-state index contributed by atoms with van der Waals surface area (Å²) in [6, 6.07) is 9.11. The van der Waals surface area contributed by atoms with Crippen LogP contribution in [0.3, 0.4) is 0 Å². The van der Waals surface area contributed by atoms with Crippen molar-refractivity contribution in [2.45, 2.75) is 0 Å². The van der Waals surface area contributed by atoms with Crippen molar-refractivity contribution in [3.8, 4) is 0 Å². The fourth-order valence-corrected chi connectivity index (χ4v) is 1.66. The number of nitrogens with zero attached hydrogens (tertiary/aromatic N) is 1. The van der Waals surface area contributed by atoms with Gasteiger partial charge in [-0.05, 0) is 30.3 Å². The molecule has 1 aromatic carbocycles. The first-order valence-corrected chi connectivity index (χ1v) is 5.29. The van der Waals surface area contributed by atoms with Gasteiger partial charge in [-0.1, -0.05) is 0 Å². The van der Waals surface area contributed by atoms with Crippen LogP contribution in [-0.4, -0.2) is 17.7 Å². The Bertz CT molecular complexity index is 534. The molecule has 0 saturated carbocycles. The molecule has 17 heavy (non-hydrogen) atoms.